The summed E-state index contributed by atoms with van der Waals surface area (Å²) in [6.07, 6.45) is 2.61. The first-order valence-electron chi connectivity index (χ1n) is 7.16. The fraction of sp³-hybridized carbons (Fsp3) is 0.600. The summed E-state index contributed by atoms with van der Waals surface area (Å²) in [6.45, 7) is 6.66. The Morgan fingerprint density at radius 3 is 3.11 bits per heavy atom. The first-order valence-corrected chi connectivity index (χ1v) is 7.95. The molecule has 0 aromatic heterocycles. The van der Waals surface area contributed by atoms with Gasteiger partial charge in [0.05, 0.1) is 0 Å². The van der Waals surface area contributed by atoms with E-state index < -0.39 is 0 Å². The molecular formula is C15H21BrN2O. The molecule has 104 valence electrons. The van der Waals surface area contributed by atoms with Crippen molar-refractivity contribution in [3.8, 4) is 5.75 Å². The van der Waals surface area contributed by atoms with Crippen LogP contribution in [0.25, 0.3) is 0 Å². The minimum atomic E-state index is 0.310. The summed E-state index contributed by atoms with van der Waals surface area (Å²) in [5, 5.41) is 3.45. The molecule has 0 saturated carbocycles. The SMILES string of the molecule is CCN(CC1Cc2cc(Br)ccc2O1)C1CCNC1. The zero-order valence-electron chi connectivity index (χ0n) is 11.4. The van der Waals surface area contributed by atoms with Gasteiger partial charge in [-0.1, -0.05) is 22.9 Å². The van der Waals surface area contributed by atoms with Crippen LogP contribution in [-0.2, 0) is 6.42 Å². The van der Waals surface area contributed by atoms with E-state index in [9.17, 15) is 0 Å². The van der Waals surface area contributed by atoms with E-state index >= 15 is 0 Å². The maximum atomic E-state index is 6.07. The van der Waals surface area contributed by atoms with Gasteiger partial charge in [0.25, 0.3) is 0 Å². The van der Waals surface area contributed by atoms with E-state index in [2.05, 4.69) is 51.3 Å². The number of benzene rings is 1. The van der Waals surface area contributed by atoms with Gasteiger partial charge in [-0.05, 0) is 43.3 Å². The average Bonchev–Trinajstić information content (AvgIpc) is 3.04. The topological polar surface area (TPSA) is 24.5 Å². The molecule has 2 atom stereocenters. The van der Waals surface area contributed by atoms with Crippen LogP contribution in [-0.4, -0.2) is 43.2 Å². The van der Waals surface area contributed by atoms with Gasteiger partial charge in [-0.15, -0.1) is 0 Å². The van der Waals surface area contributed by atoms with Crippen LogP contribution in [0.4, 0.5) is 0 Å². The molecular weight excluding hydrogens is 304 g/mol. The molecule has 0 aliphatic carbocycles. The van der Waals surface area contributed by atoms with E-state index in [-0.39, 0.29) is 0 Å². The van der Waals surface area contributed by atoms with Gasteiger partial charge in [-0.3, -0.25) is 4.90 Å². The Bertz CT molecular complexity index is 446. The number of rotatable bonds is 4. The maximum absolute atomic E-state index is 6.07. The van der Waals surface area contributed by atoms with E-state index in [1.165, 1.54) is 12.0 Å². The lowest BCUT2D eigenvalue weighted by atomic mass is 10.1. The lowest BCUT2D eigenvalue weighted by Crippen LogP contribution is -2.42. The molecule has 4 heteroatoms. The molecule has 0 amide bonds. The lowest BCUT2D eigenvalue weighted by Gasteiger charge is -2.29. The molecule has 2 heterocycles. The summed E-state index contributed by atoms with van der Waals surface area (Å²) >= 11 is 3.53. The second-order valence-corrected chi connectivity index (χ2v) is 6.35. The van der Waals surface area contributed by atoms with E-state index in [0.717, 1.165) is 42.8 Å². The molecule has 3 nitrogen and oxygen atoms in total. The van der Waals surface area contributed by atoms with Gasteiger partial charge in [0, 0.05) is 30.0 Å². The Kier molecular flexibility index (Phi) is 4.10. The summed E-state index contributed by atoms with van der Waals surface area (Å²) in [5.74, 6) is 1.06. The van der Waals surface area contributed by atoms with E-state index in [1.54, 1.807) is 0 Å². The van der Waals surface area contributed by atoms with Gasteiger partial charge >= 0.3 is 0 Å². The molecule has 3 rings (SSSR count). The van der Waals surface area contributed by atoms with Gasteiger partial charge in [0.2, 0.25) is 0 Å². The molecule has 2 unspecified atom stereocenters. The number of fused-ring (bicyclic) bond motifs is 1. The lowest BCUT2D eigenvalue weighted by molar-refractivity contribution is 0.126. The molecule has 1 saturated heterocycles. The zero-order valence-corrected chi connectivity index (χ0v) is 12.9. The molecule has 19 heavy (non-hydrogen) atoms. The standard InChI is InChI=1S/C15H21BrN2O/c1-2-18(13-5-6-17-9-13)10-14-8-11-7-12(16)3-4-15(11)19-14/h3-4,7,13-14,17H,2,5-6,8-10H2,1H3. The monoisotopic (exact) mass is 324 g/mol. The molecule has 1 N–H and O–H groups in total. The second-order valence-electron chi connectivity index (χ2n) is 5.43. The van der Waals surface area contributed by atoms with Crippen LogP contribution >= 0.6 is 15.9 Å². The Hall–Kier alpha value is -0.580. The Morgan fingerprint density at radius 1 is 1.47 bits per heavy atom. The average molecular weight is 325 g/mol. The van der Waals surface area contributed by atoms with Crippen LogP contribution in [0, 0.1) is 0 Å². The van der Waals surface area contributed by atoms with Crippen LogP contribution in [0.15, 0.2) is 22.7 Å². The van der Waals surface area contributed by atoms with Crippen molar-refractivity contribution in [2.45, 2.75) is 31.9 Å². The van der Waals surface area contributed by atoms with Crippen molar-refractivity contribution in [3.05, 3.63) is 28.2 Å². The minimum absolute atomic E-state index is 0.310. The van der Waals surface area contributed by atoms with Crippen molar-refractivity contribution < 1.29 is 4.74 Å². The highest BCUT2D eigenvalue weighted by Crippen LogP contribution is 2.31. The Balaban J connectivity index is 1.62. The highest BCUT2D eigenvalue weighted by Gasteiger charge is 2.28. The van der Waals surface area contributed by atoms with E-state index in [0.29, 0.717) is 12.1 Å². The van der Waals surface area contributed by atoms with Gasteiger partial charge in [0.1, 0.15) is 11.9 Å². The number of likely N-dealkylation sites (N-methyl/N-ethyl adjacent to an activating group) is 1. The van der Waals surface area contributed by atoms with Crippen LogP contribution in [0.3, 0.4) is 0 Å². The van der Waals surface area contributed by atoms with E-state index in [4.69, 9.17) is 4.74 Å². The van der Waals surface area contributed by atoms with Crippen molar-refractivity contribution >= 4 is 15.9 Å². The van der Waals surface area contributed by atoms with Crippen molar-refractivity contribution in [3.63, 3.8) is 0 Å². The number of nitrogens with zero attached hydrogens (tertiary/aromatic N) is 1. The fourth-order valence-corrected chi connectivity index (χ4v) is 3.55. The third kappa shape index (κ3) is 2.96. The second kappa shape index (κ2) is 5.81. The fourth-order valence-electron chi connectivity index (χ4n) is 3.14. The minimum Gasteiger partial charge on any atom is -0.488 e. The van der Waals surface area contributed by atoms with Crippen LogP contribution in [0.5, 0.6) is 5.75 Å². The number of halogens is 1. The molecule has 1 fully saturated rings. The molecule has 0 radical (unpaired) electrons. The Labute approximate surface area is 123 Å². The first-order chi connectivity index (χ1) is 9.26. The predicted molar refractivity (Wildman–Crippen MR) is 80.8 cm³/mol. The summed E-state index contributed by atoms with van der Waals surface area (Å²) in [4.78, 5) is 2.56. The molecule has 2 aliphatic heterocycles. The quantitative estimate of drug-likeness (QED) is 0.920. The zero-order chi connectivity index (χ0) is 13.2. The van der Waals surface area contributed by atoms with Crippen LogP contribution in [0.1, 0.15) is 18.9 Å². The summed E-state index contributed by atoms with van der Waals surface area (Å²) in [5.41, 5.74) is 1.33. The molecule has 0 bridgehead atoms. The number of ether oxygens (including phenoxy) is 1. The molecule has 0 spiro atoms. The highest BCUT2D eigenvalue weighted by molar-refractivity contribution is 9.10. The smallest absolute Gasteiger partial charge is 0.123 e. The maximum Gasteiger partial charge on any atom is 0.123 e. The van der Waals surface area contributed by atoms with Crippen molar-refractivity contribution in [2.75, 3.05) is 26.2 Å². The number of nitrogens with one attached hydrogen (secondary N) is 1. The van der Waals surface area contributed by atoms with Gasteiger partial charge in [-0.25, -0.2) is 0 Å². The molecule has 2 aliphatic rings. The number of hydrogen-bond acceptors (Lipinski definition) is 3. The van der Waals surface area contributed by atoms with E-state index in [1.807, 2.05) is 0 Å². The largest absolute Gasteiger partial charge is 0.488 e. The molecule has 1 aromatic carbocycles. The van der Waals surface area contributed by atoms with Crippen LogP contribution < -0.4 is 10.1 Å². The van der Waals surface area contributed by atoms with Gasteiger partial charge < -0.3 is 10.1 Å². The van der Waals surface area contributed by atoms with Crippen molar-refractivity contribution in [1.82, 2.24) is 10.2 Å². The first kappa shape index (κ1) is 13.4. The van der Waals surface area contributed by atoms with Crippen molar-refractivity contribution in [2.24, 2.45) is 0 Å². The predicted octanol–water partition coefficient (Wildman–Crippen LogP) is 2.44. The third-order valence-electron chi connectivity index (χ3n) is 4.16. The molecule has 1 aromatic rings. The van der Waals surface area contributed by atoms with Gasteiger partial charge in [0.15, 0.2) is 0 Å². The van der Waals surface area contributed by atoms with Crippen LogP contribution in [0.2, 0.25) is 0 Å². The van der Waals surface area contributed by atoms with Crippen molar-refractivity contribution in [1.29, 1.82) is 0 Å². The third-order valence-corrected chi connectivity index (χ3v) is 4.65. The highest BCUT2D eigenvalue weighted by atomic mass is 79.9. The summed E-state index contributed by atoms with van der Waals surface area (Å²) in [7, 11) is 0. The summed E-state index contributed by atoms with van der Waals surface area (Å²) < 4.78 is 7.21. The number of hydrogen-bond donors (Lipinski definition) is 1. The summed E-state index contributed by atoms with van der Waals surface area (Å²) in [6, 6.07) is 7.00. The Morgan fingerprint density at radius 2 is 2.37 bits per heavy atom. The van der Waals surface area contributed by atoms with Gasteiger partial charge in [-0.2, -0.15) is 0 Å². The normalized spacial score (nSPS) is 25.6.